The number of nitro benzene ring substituents is 1. The molecule has 29 heavy (non-hydrogen) atoms. The fourth-order valence-corrected chi connectivity index (χ4v) is 3.22. The van der Waals surface area contributed by atoms with Crippen LogP contribution in [0.4, 0.5) is 21.5 Å². The number of benzene rings is 2. The third-order valence-electron chi connectivity index (χ3n) is 4.48. The van der Waals surface area contributed by atoms with E-state index >= 15 is 0 Å². The maximum Gasteiger partial charge on any atom is 0.269 e. The Hall–Kier alpha value is -3.11. The molecule has 1 saturated heterocycles. The van der Waals surface area contributed by atoms with Crippen LogP contribution in [0.2, 0.25) is 0 Å². The summed E-state index contributed by atoms with van der Waals surface area (Å²) in [5, 5.41) is 17.1. The molecule has 1 aliphatic rings. The number of nitrogens with zero attached hydrogens (tertiary/aromatic N) is 3. The SMILES string of the molecule is O=C(CN1CCN(C(=S)Nc2ccc([N+](=O)[O-])cc2)CC1)Nc1ccc(F)cc1. The molecule has 2 N–H and O–H groups in total. The van der Waals surface area contributed by atoms with Gasteiger partial charge in [-0.25, -0.2) is 4.39 Å². The summed E-state index contributed by atoms with van der Waals surface area (Å²) >= 11 is 5.42. The van der Waals surface area contributed by atoms with Gasteiger partial charge in [0, 0.05) is 49.7 Å². The molecule has 152 valence electrons. The lowest BCUT2D eigenvalue weighted by Crippen LogP contribution is -2.51. The fraction of sp³-hybridized carbons (Fsp3) is 0.263. The number of hydrogen-bond acceptors (Lipinski definition) is 5. The number of non-ortho nitro benzene ring substituents is 1. The lowest BCUT2D eigenvalue weighted by Gasteiger charge is -2.35. The van der Waals surface area contributed by atoms with Gasteiger partial charge in [-0.3, -0.25) is 19.8 Å². The van der Waals surface area contributed by atoms with Crippen LogP contribution in [0.15, 0.2) is 48.5 Å². The fourth-order valence-electron chi connectivity index (χ4n) is 2.91. The zero-order chi connectivity index (χ0) is 20.8. The minimum Gasteiger partial charge on any atom is -0.346 e. The minimum absolute atomic E-state index is 0.0222. The van der Waals surface area contributed by atoms with Gasteiger partial charge in [-0.05, 0) is 48.6 Å². The Kier molecular flexibility index (Phi) is 6.68. The van der Waals surface area contributed by atoms with Gasteiger partial charge in [-0.2, -0.15) is 0 Å². The van der Waals surface area contributed by atoms with E-state index in [0.717, 1.165) is 0 Å². The minimum atomic E-state index is -0.451. The van der Waals surface area contributed by atoms with Gasteiger partial charge in [0.1, 0.15) is 5.82 Å². The smallest absolute Gasteiger partial charge is 0.269 e. The first-order valence-corrected chi connectivity index (χ1v) is 9.40. The first-order chi connectivity index (χ1) is 13.9. The van der Waals surface area contributed by atoms with E-state index in [1.165, 1.54) is 36.4 Å². The number of nitro groups is 1. The number of carbonyl (C=O) groups excluding carboxylic acids is 1. The van der Waals surface area contributed by atoms with Crippen LogP contribution in [-0.2, 0) is 4.79 Å². The van der Waals surface area contributed by atoms with Crippen LogP contribution >= 0.6 is 12.2 Å². The first kappa shape index (κ1) is 20.6. The second-order valence-electron chi connectivity index (χ2n) is 6.55. The van der Waals surface area contributed by atoms with Crippen molar-refractivity contribution in [2.45, 2.75) is 0 Å². The molecule has 1 heterocycles. The lowest BCUT2D eigenvalue weighted by atomic mass is 10.3. The molecule has 0 saturated carbocycles. The van der Waals surface area contributed by atoms with Gasteiger partial charge in [-0.1, -0.05) is 0 Å². The Bertz CT molecular complexity index is 884. The third-order valence-corrected chi connectivity index (χ3v) is 4.84. The average Bonchev–Trinajstić information content (AvgIpc) is 2.70. The predicted molar refractivity (Wildman–Crippen MR) is 112 cm³/mol. The summed E-state index contributed by atoms with van der Waals surface area (Å²) in [7, 11) is 0. The van der Waals surface area contributed by atoms with Crippen molar-refractivity contribution in [3.05, 3.63) is 64.5 Å². The zero-order valence-corrected chi connectivity index (χ0v) is 16.3. The summed E-state index contributed by atoms with van der Waals surface area (Å²) in [5.41, 5.74) is 1.26. The summed E-state index contributed by atoms with van der Waals surface area (Å²) in [6.45, 7) is 2.89. The highest BCUT2D eigenvalue weighted by Gasteiger charge is 2.21. The van der Waals surface area contributed by atoms with Crippen molar-refractivity contribution in [1.82, 2.24) is 9.80 Å². The first-order valence-electron chi connectivity index (χ1n) is 8.99. The molecule has 8 nitrogen and oxygen atoms in total. The Labute approximate surface area is 172 Å². The number of piperazine rings is 1. The lowest BCUT2D eigenvalue weighted by molar-refractivity contribution is -0.384. The highest BCUT2D eigenvalue weighted by molar-refractivity contribution is 7.80. The summed E-state index contributed by atoms with van der Waals surface area (Å²) in [6, 6.07) is 11.7. The van der Waals surface area contributed by atoms with Crippen molar-refractivity contribution < 1.29 is 14.1 Å². The van der Waals surface area contributed by atoms with Gasteiger partial charge in [0.25, 0.3) is 5.69 Å². The number of anilines is 2. The van der Waals surface area contributed by atoms with Crippen LogP contribution in [0, 0.1) is 15.9 Å². The molecular weight excluding hydrogens is 397 g/mol. The molecule has 0 aliphatic carbocycles. The number of nitrogens with one attached hydrogen (secondary N) is 2. The van der Waals surface area contributed by atoms with E-state index in [-0.39, 0.29) is 24.0 Å². The molecule has 0 spiro atoms. The summed E-state index contributed by atoms with van der Waals surface area (Å²) < 4.78 is 12.9. The topological polar surface area (TPSA) is 90.8 Å². The largest absolute Gasteiger partial charge is 0.346 e. The van der Waals surface area contributed by atoms with Crippen LogP contribution in [0.1, 0.15) is 0 Å². The van der Waals surface area contributed by atoms with Gasteiger partial charge in [0.2, 0.25) is 5.91 Å². The van der Waals surface area contributed by atoms with Gasteiger partial charge >= 0.3 is 0 Å². The quantitative estimate of drug-likeness (QED) is 0.439. The number of thiocarbonyl (C=S) groups is 1. The van der Waals surface area contributed by atoms with E-state index in [2.05, 4.69) is 10.6 Å². The predicted octanol–water partition coefficient (Wildman–Crippen LogP) is 2.69. The van der Waals surface area contributed by atoms with Crippen LogP contribution < -0.4 is 10.6 Å². The highest BCUT2D eigenvalue weighted by atomic mass is 32.1. The molecular formula is C19H20FN5O3S. The molecule has 0 unspecified atom stereocenters. The molecule has 10 heteroatoms. The van der Waals surface area contributed by atoms with Gasteiger partial charge < -0.3 is 15.5 Å². The van der Waals surface area contributed by atoms with E-state index in [4.69, 9.17) is 12.2 Å². The number of amides is 1. The number of halogens is 1. The summed E-state index contributed by atoms with van der Waals surface area (Å²) in [5.74, 6) is -0.505. The van der Waals surface area contributed by atoms with Crippen molar-refractivity contribution in [1.29, 1.82) is 0 Å². The van der Waals surface area contributed by atoms with Crippen molar-refractivity contribution >= 4 is 40.3 Å². The molecule has 2 aromatic rings. The zero-order valence-electron chi connectivity index (χ0n) is 15.5. The normalized spacial score (nSPS) is 14.3. The van der Waals surface area contributed by atoms with Gasteiger partial charge in [-0.15, -0.1) is 0 Å². The van der Waals surface area contributed by atoms with E-state index in [1.54, 1.807) is 12.1 Å². The summed E-state index contributed by atoms with van der Waals surface area (Å²) in [6.07, 6.45) is 0. The maximum absolute atomic E-state index is 12.9. The summed E-state index contributed by atoms with van der Waals surface area (Å²) in [4.78, 5) is 26.4. The van der Waals surface area contributed by atoms with Crippen LogP contribution in [0.3, 0.4) is 0 Å². The molecule has 0 radical (unpaired) electrons. The molecule has 1 amide bonds. The second-order valence-corrected chi connectivity index (χ2v) is 6.94. The molecule has 1 fully saturated rings. The number of hydrogen-bond donors (Lipinski definition) is 2. The van der Waals surface area contributed by atoms with E-state index in [0.29, 0.717) is 42.7 Å². The Morgan fingerprint density at radius 3 is 2.14 bits per heavy atom. The van der Waals surface area contributed by atoms with Crippen LogP contribution in [-0.4, -0.2) is 58.5 Å². The Morgan fingerprint density at radius 2 is 1.55 bits per heavy atom. The highest BCUT2D eigenvalue weighted by Crippen LogP contribution is 2.16. The molecule has 1 aliphatic heterocycles. The molecule has 0 aromatic heterocycles. The second kappa shape index (κ2) is 9.39. The van der Waals surface area contributed by atoms with Crippen molar-refractivity contribution in [3.63, 3.8) is 0 Å². The number of rotatable bonds is 5. The third kappa shape index (κ3) is 5.93. The van der Waals surface area contributed by atoms with Gasteiger partial charge in [0.15, 0.2) is 5.11 Å². The monoisotopic (exact) mass is 417 g/mol. The van der Waals surface area contributed by atoms with E-state index < -0.39 is 4.92 Å². The van der Waals surface area contributed by atoms with E-state index in [1.807, 2.05) is 9.80 Å². The van der Waals surface area contributed by atoms with Crippen LogP contribution in [0.25, 0.3) is 0 Å². The Morgan fingerprint density at radius 1 is 1.00 bits per heavy atom. The van der Waals surface area contributed by atoms with Crippen LogP contribution in [0.5, 0.6) is 0 Å². The van der Waals surface area contributed by atoms with Gasteiger partial charge in [0.05, 0.1) is 11.5 Å². The average molecular weight is 417 g/mol. The molecule has 0 bridgehead atoms. The number of carbonyl (C=O) groups is 1. The standard InChI is InChI=1S/C19H20FN5O3S/c20-14-1-3-15(4-2-14)21-18(26)13-23-9-11-24(12-10-23)19(29)22-16-5-7-17(8-6-16)25(27)28/h1-8H,9-13H2,(H,21,26)(H,22,29). The van der Waals surface area contributed by atoms with E-state index in [9.17, 15) is 19.3 Å². The molecule has 0 atom stereocenters. The van der Waals surface area contributed by atoms with Crippen molar-refractivity contribution in [3.8, 4) is 0 Å². The Balaban J connectivity index is 1.43. The van der Waals surface area contributed by atoms with Crippen molar-refractivity contribution in [2.24, 2.45) is 0 Å². The maximum atomic E-state index is 12.9. The molecule has 3 rings (SSSR count). The molecule has 2 aromatic carbocycles. The van der Waals surface area contributed by atoms with Crippen molar-refractivity contribution in [2.75, 3.05) is 43.4 Å².